The molecule has 0 atom stereocenters. The lowest BCUT2D eigenvalue weighted by atomic mass is 9.89. The van der Waals surface area contributed by atoms with Crippen molar-refractivity contribution in [1.82, 2.24) is 5.32 Å². The number of Topliss-reactive ketones (excluding diaryl/α,β-unsaturated/α-hetero) is 1. The fourth-order valence-corrected chi connectivity index (χ4v) is 2.69. The molecule has 0 bridgehead atoms. The lowest BCUT2D eigenvalue weighted by Crippen LogP contribution is -2.32. The molecule has 1 N–H and O–H groups in total. The largest absolute Gasteiger partial charge is 0.490 e. The average molecular weight is 316 g/mol. The van der Waals surface area contributed by atoms with E-state index in [0.717, 1.165) is 25.9 Å². The Morgan fingerprint density at radius 3 is 2.45 bits per heavy atom. The van der Waals surface area contributed by atoms with E-state index in [0.29, 0.717) is 21.4 Å². The molecular formula is C15H19Cl2NO2. The monoisotopic (exact) mass is 315 g/mol. The van der Waals surface area contributed by atoms with Crippen LogP contribution in [0.4, 0.5) is 0 Å². The summed E-state index contributed by atoms with van der Waals surface area (Å²) in [5, 5.41) is 4.05. The summed E-state index contributed by atoms with van der Waals surface area (Å²) in [5.41, 5.74) is 0.542. The third-order valence-corrected chi connectivity index (χ3v) is 4.08. The van der Waals surface area contributed by atoms with Gasteiger partial charge in [0.15, 0.2) is 5.78 Å². The van der Waals surface area contributed by atoms with Gasteiger partial charge in [-0.25, -0.2) is 0 Å². The van der Waals surface area contributed by atoms with Gasteiger partial charge in [0.1, 0.15) is 5.75 Å². The summed E-state index contributed by atoms with van der Waals surface area (Å²) in [6, 6.07) is 3.27. The van der Waals surface area contributed by atoms with E-state index in [1.807, 2.05) is 13.8 Å². The van der Waals surface area contributed by atoms with Gasteiger partial charge in [0.2, 0.25) is 0 Å². The minimum atomic E-state index is -0.0215. The highest BCUT2D eigenvalue weighted by molar-refractivity contribution is 6.42. The highest BCUT2D eigenvalue weighted by atomic mass is 35.5. The number of benzene rings is 1. The first-order chi connectivity index (χ1) is 9.49. The fraction of sp³-hybridized carbons (Fsp3) is 0.533. The minimum Gasteiger partial charge on any atom is -0.490 e. The number of carbonyl (C=O) groups excluding carboxylic acids is 1. The lowest BCUT2D eigenvalue weighted by molar-refractivity contribution is 0.0889. The molecule has 5 heteroatoms. The van der Waals surface area contributed by atoms with Crippen molar-refractivity contribution in [3.8, 4) is 5.75 Å². The molecule has 3 nitrogen and oxygen atoms in total. The number of ketones is 1. The zero-order chi connectivity index (χ0) is 14.7. The third-order valence-electron chi connectivity index (χ3n) is 3.36. The van der Waals surface area contributed by atoms with Crippen molar-refractivity contribution in [3.05, 3.63) is 27.7 Å². The van der Waals surface area contributed by atoms with E-state index in [-0.39, 0.29) is 17.8 Å². The number of nitrogens with one attached hydrogen (secondary N) is 1. The van der Waals surface area contributed by atoms with Crippen molar-refractivity contribution < 1.29 is 9.53 Å². The summed E-state index contributed by atoms with van der Waals surface area (Å²) in [6.45, 7) is 5.58. The predicted molar refractivity (Wildman–Crippen MR) is 82.2 cm³/mol. The van der Waals surface area contributed by atoms with E-state index in [2.05, 4.69) is 5.32 Å². The number of carbonyl (C=O) groups is 1. The van der Waals surface area contributed by atoms with Gasteiger partial charge in [-0.15, -0.1) is 0 Å². The SMILES string of the molecule is CC(C)Oc1cc(Cl)c(Cl)cc1C(=O)C1CCNCC1. The number of piperidine rings is 1. The van der Waals surface area contributed by atoms with Gasteiger partial charge in [0.05, 0.1) is 21.7 Å². The predicted octanol–water partition coefficient (Wildman–Crippen LogP) is 3.96. The zero-order valence-corrected chi connectivity index (χ0v) is 13.2. The molecule has 110 valence electrons. The van der Waals surface area contributed by atoms with E-state index >= 15 is 0 Å². The number of halogens is 2. The van der Waals surface area contributed by atoms with Crippen LogP contribution in [0.1, 0.15) is 37.0 Å². The Hall–Kier alpha value is -0.770. The van der Waals surface area contributed by atoms with Crippen molar-refractivity contribution in [2.24, 2.45) is 5.92 Å². The van der Waals surface area contributed by atoms with Gasteiger partial charge in [0.25, 0.3) is 0 Å². The molecule has 1 aromatic carbocycles. The first-order valence-corrected chi connectivity index (χ1v) is 7.65. The molecule has 1 aromatic rings. The maximum Gasteiger partial charge on any atom is 0.169 e. The smallest absolute Gasteiger partial charge is 0.169 e. The average Bonchev–Trinajstić information content (AvgIpc) is 2.42. The van der Waals surface area contributed by atoms with Crippen LogP contribution in [0, 0.1) is 5.92 Å². The van der Waals surface area contributed by atoms with Crippen LogP contribution in [0.5, 0.6) is 5.75 Å². The Morgan fingerprint density at radius 2 is 1.85 bits per heavy atom. The van der Waals surface area contributed by atoms with Crippen molar-refractivity contribution in [2.45, 2.75) is 32.8 Å². The van der Waals surface area contributed by atoms with Crippen molar-refractivity contribution in [1.29, 1.82) is 0 Å². The topological polar surface area (TPSA) is 38.3 Å². The molecule has 20 heavy (non-hydrogen) atoms. The Labute approximate surface area is 129 Å². The molecule has 0 spiro atoms. The Kier molecular flexibility index (Phi) is 5.30. The molecule has 1 saturated heterocycles. The third kappa shape index (κ3) is 3.66. The standard InChI is InChI=1S/C15H19Cl2NO2/c1-9(2)20-14-8-13(17)12(16)7-11(14)15(19)10-3-5-18-6-4-10/h7-10,18H,3-6H2,1-2H3. The minimum absolute atomic E-state index is 0.0215. The summed E-state index contributed by atoms with van der Waals surface area (Å²) >= 11 is 12.1. The number of rotatable bonds is 4. The summed E-state index contributed by atoms with van der Waals surface area (Å²) < 4.78 is 5.71. The van der Waals surface area contributed by atoms with Gasteiger partial charge in [-0.1, -0.05) is 23.2 Å². The van der Waals surface area contributed by atoms with E-state index in [4.69, 9.17) is 27.9 Å². The van der Waals surface area contributed by atoms with Gasteiger partial charge in [0, 0.05) is 12.0 Å². The molecule has 0 amide bonds. The molecule has 0 saturated carbocycles. The molecule has 1 fully saturated rings. The van der Waals surface area contributed by atoms with E-state index in [1.54, 1.807) is 12.1 Å². The Bertz CT molecular complexity index is 497. The summed E-state index contributed by atoms with van der Waals surface area (Å²) in [4.78, 5) is 12.7. The quantitative estimate of drug-likeness (QED) is 0.855. The highest BCUT2D eigenvalue weighted by Gasteiger charge is 2.26. The number of hydrogen-bond donors (Lipinski definition) is 1. The molecule has 0 aliphatic carbocycles. The van der Waals surface area contributed by atoms with Gasteiger partial charge < -0.3 is 10.1 Å². The van der Waals surface area contributed by atoms with Crippen molar-refractivity contribution in [2.75, 3.05) is 13.1 Å². The van der Waals surface area contributed by atoms with Crippen LogP contribution >= 0.6 is 23.2 Å². The van der Waals surface area contributed by atoms with Crippen molar-refractivity contribution >= 4 is 29.0 Å². The van der Waals surface area contributed by atoms with Crippen LogP contribution in [-0.4, -0.2) is 25.0 Å². The van der Waals surface area contributed by atoms with Crippen LogP contribution in [-0.2, 0) is 0 Å². The highest BCUT2D eigenvalue weighted by Crippen LogP contribution is 2.33. The zero-order valence-electron chi connectivity index (χ0n) is 11.7. The molecule has 1 aliphatic rings. The van der Waals surface area contributed by atoms with Gasteiger partial charge in [-0.05, 0) is 45.8 Å². The molecule has 0 radical (unpaired) electrons. The maximum absolute atomic E-state index is 12.7. The van der Waals surface area contributed by atoms with Crippen LogP contribution in [0.2, 0.25) is 10.0 Å². The Balaban J connectivity index is 2.32. The molecule has 1 aliphatic heterocycles. The lowest BCUT2D eigenvalue weighted by Gasteiger charge is -2.23. The van der Waals surface area contributed by atoms with Crippen LogP contribution in [0.15, 0.2) is 12.1 Å². The normalized spacial score (nSPS) is 16.4. The summed E-state index contributed by atoms with van der Waals surface area (Å²) in [5.74, 6) is 0.654. The molecule has 0 unspecified atom stereocenters. The number of hydrogen-bond acceptors (Lipinski definition) is 3. The molecule has 1 heterocycles. The van der Waals surface area contributed by atoms with Crippen LogP contribution in [0.3, 0.4) is 0 Å². The second kappa shape index (κ2) is 6.79. The Morgan fingerprint density at radius 1 is 1.25 bits per heavy atom. The number of ether oxygens (including phenoxy) is 1. The molecular weight excluding hydrogens is 297 g/mol. The summed E-state index contributed by atoms with van der Waals surface area (Å²) in [7, 11) is 0. The van der Waals surface area contributed by atoms with E-state index in [1.165, 1.54) is 0 Å². The first-order valence-electron chi connectivity index (χ1n) is 6.89. The van der Waals surface area contributed by atoms with Crippen LogP contribution in [0.25, 0.3) is 0 Å². The molecule has 2 rings (SSSR count). The second-order valence-corrected chi connectivity index (χ2v) is 6.13. The van der Waals surface area contributed by atoms with Gasteiger partial charge >= 0.3 is 0 Å². The first kappa shape index (κ1) is 15.6. The van der Waals surface area contributed by atoms with E-state index in [9.17, 15) is 4.79 Å². The van der Waals surface area contributed by atoms with Crippen molar-refractivity contribution in [3.63, 3.8) is 0 Å². The fourth-order valence-electron chi connectivity index (χ4n) is 2.38. The van der Waals surface area contributed by atoms with Gasteiger partial charge in [-0.2, -0.15) is 0 Å². The van der Waals surface area contributed by atoms with E-state index < -0.39 is 0 Å². The van der Waals surface area contributed by atoms with Gasteiger partial charge in [-0.3, -0.25) is 4.79 Å². The summed E-state index contributed by atoms with van der Waals surface area (Å²) in [6.07, 6.45) is 1.67. The molecule has 0 aromatic heterocycles. The van der Waals surface area contributed by atoms with Crippen LogP contribution < -0.4 is 10.1 Å². The maximum atomic E-state index is 12.7. The second-order valence-electron chi connectivity index (χ2n) is 5.32.